The summed E-state index contributed by atoms with van der Waals surface area (Å²) in [5.41, 5.74) is -0.0532. The number of pyridine rings is 1. The highest BCUT2D eigenvalue weighted by molar-refractivity contribution is 9.10. The molecule has 4 heterocycles. The van der Waals surface area contributed by atoms with Gasteiger partial charge in [-0.1, -0.05) is 11.6 Å². The molecule has 1 aromatic heterocycles. The number of fused-ring (bicyclic) bond motifs is 4. The SMILES string of the molecule is [2H]C([2H])([2H])N(C[C@@H]1CN2C(=C=O)[C@H]3CN(C(=O)OC(C)(C)C)[C@H](C)CN3c3c2c(nc2c(F)c(Br)c(Cl)cc32)O1)C([2H])([2H])[2H]. The number of carbonyl (C=O) groups is 1. The second-order valence-electron chi connectivity index (χ2n) is 10.6. The Kier molecular flexibility index (Phi) is 5.11. The van der Waals surface area contributed by atoms with Gasteiger partial charge in [0, 0.05) is 32.7 Å². The fraction of sp³-hybridized carbons (Fsp3) is 0.538. The highest BCUT2D eigenvalue weighted by atomic mass is 79.9. The highest BCUT2D eigenvalue weighted by Gasteiger charge is 2.48. The van der Waals surface area contributed by atoms with E-state index in [2.05, 4.69) is 20.9 Å². The van der Waals surface area contributed by atoms with Crippen LogP contribution in [-0.4, -0.2) is 90.7 Å². The molecule has 0 aliphatic carbocycles. The maximum Gasteiger partial charge on any atom is 0.410 e. The quantitative estimate of drug-likeness (QED) is 0.362. The number of piperazine rings is 1. The summed E-state index contributed by atoms with van der Waals surface area (Å²) in [5, 5.41) is 0.398. The molecular weight excluding hydrogens is 581 g/mol. The van der Waals surface area contributed by atoms with Crippen LogP contribution in [0.2, 0.25) is 5.02 Å². The zero-order valence-electron chi connectivity index (χ0n) is 27.1. The number of ether oxygens (including phenoxy) is 2. The van der Waals surface area contributed by atoms with Gasteiger partial charge in [-0.2, -0.15) is 0 Å². The predicted molar refractivity (Wildman–Crippen MR) is 147 cm³/mol. The van der Waals surface area contributed by atoms with Gasteiger partial charge in [0.25, 0.3) is 0 Å². The van der Waals surface area contributed by atoms with Crippen LogP contribution in [0.1, 0.15) is 35.9 Å². The van der Waals surface area contributed by atoms with E-state index in [1.807, 2.05) is 17.8 Å². The van der Waals surface area contributed by atoms with E-state index in [1.54, 1.807) is 26.8 Å². The van der Waals surface area contributed by atoms with E-state index >= 15 is 4.39 Å². The Morgan fingerprint density at radius 1 is 1.37 bits per heavy atom. The molecule has 3 aliphatic rings. The summed E-state index contributed by atoms with van der Waals surface area (Å²) in [7, 11) is 0. The maximum absolute atomic E-state index is 15.7. The monoisotopic (exact) mass is 615 g/mol. The summed E-state index contributed by atoms with van der Waals surface area (Å²) < 4.78 is 74.1. The van der Waals surface area contributed by atoms with Crippen LogP contribution in [0, 0.1) is 5.82 Å². The van der Waals surface area contributed by atoms with Gasteiger partial charge < -0.3 is 29.1 Å². The molecule has 0 radical (unpaired) electrons. The Hall–Kier alpha value is -2.59. The zero-order chi connectivity index (χ0) is 32.7. The van der Waals surface area contributed by atoms with Gasteiger partial charge in [0.15, 0.2) is 5.82 Å². The number of aromatic nitrogens is 1. The first-order valence-corrected chi connectivity index (χ1v) is 13.1. The van der Waals surface area contributed by atoms with Crippen molar-refractivity contribution in [3.05, 3.63) is 27.1 Å². The molecule has 1 amide bonds. The third-order valence-electron chi connectivity index (χ3n) is 6.72. The summed E-state index contributed by atoms with van der Waals surface area (Å²) in [6.07, 6.45) is -1.70. The average molecular weight is 617 g/mol. The van der Waals surface area contributed by atoms with Crippen molar-refractivity contribution < 1.29 is 31.7 Å². The normalized spacial score (nSPS) is 25.7. The smallest absolute Gasteiger partial charge is 0.410 e. The number of rotatable bonds is 2. The number of hydrogen-bond donors (Lipinski definition) is 0. The van der Waals surface area contributed by atoms with Crippen LogP contribution in [0.4, 0.5) is 20.6 Å². The van der Waals surface area contributed by atoms with Crippen LogP contribution in [0.3, 0.4) is 0 Å². The first kappa shape index (κ1) is 20.3. The van der Waals surface area contributed by atoms with Crippen molar-refractivity contribution in [1.82, 2.24) is 14.8 Å². The number of hydrogen-bond acceptors (Lipinski definition) is 8. The topological polar surface area (TPSA) is 78.5 Å². The van der Waals surface area contributed by atoms with Crippen molar-refractivity contribution in [3.8, 4) is 5.88 Å². The molecule has 3 aliphatic heterocycles. The van der Waals surface area contributed by atoms with E-state index in [1.165, 1.54) is 9.80 Å². The van der Waals surface area contributed by atoms with Crippen molar-refractivity contribution >= 4 is 61.8 Å². The lowest BCUT2D eigenvalue weighted by molar-refractivity contribution is 0.0133. The van der Waals surface area contributed by atoms with E-state index in [-0.39, 0.29) is 46.2 Å². The molecule has 3 atom stereocenters. The molecule has 12 heteroatoms. The van der Waals surface area contributed by atoms with E-state index in [0.29, 0.717) is 21.7 Å². The molecule has 1 fully saturated rings. The van der Waals surface area contributed by atoms with Gasteiger partial charge in [0.2, 0.25) is 5.88 Å². The van der Waals surface area contributed by atoms with E-state index in [0.717, 1.165) is 0 Å². The summed E-state index contributed by atoms with van der Waals surface area (Å²) in [6.45, 7) is 0.516. The van der Waals surface area contributed by atoms with Crippen molar-refractivity contribution in [2.24, 2.45) is 0 Å². The number of benzene rings is 1. The van der Waals surface area contributed by atoms with Crippen molar-refractivity contribution in [1.29, 1.82) is 0 Å². The Balaban J connectivity index is 1.69. The zero-order valence-corrected chi connectivity index (χ0v) is 23.5. The molecule has 0 bridgehead atoms. The van der Waals surface area contributed by atoms with Crippen LogP contribution < -0.4 is 14.5 Å². The van der Waals surface area contributed by atoms with Gasteiger partial charge in [0.05, 0.1) is 34.3 Å². The van der Waals surface area contributed by atoms with Crippen LogP contribution >= 0.6 is 27.5 Å². The average Bonchev–Trinajstić information content (AvgIpc) is 2.88. The van der Waals surface area contributed by atoms with Crippen molar-refractivity contribution in [2.75, 3.05) is 49.9 Å². The van der Waals surface area contributed by atoms with Crippen LogP contribution in [0.5, 0.6) is 5.88 Å². The molecule has 0 spiro atoms. The Morgan fingerprint density at radius 3 is 2.76 bits per heavy atom. The van der Waals surface area contributed by atoms with Crippen LogP contribution in [0.15, 0.2) is 16.2 Å². The Bertz CT molecular complexity index is 1570. The maximum atomic E-state index is 15.7. The molecule has 2 aromatic rings. The molecule has 1 saturated heterocycles. The first-order valence-electron chi connectivity index (χ1n) is 15.0. The second kappa shape index (κ2) is 9.55. The lowest BCUT2D eigenvalue weighted by Gasteiger charge is -2.53. The Labute approximate surface area is 242 Å². The molecule has 9 nitrogen and oxygen atoms in total. The summed E-state index contributed by atoms with van der Waals surface area (Å²) >= 11 is 9.53. The minimum Gasteiger partial charge on any atom is -0.470 e. The fourth-order valence-corrected chi connectivity index (χ4v) is 5.71. The molecular formula is C26H30BrClFN5O4. The van der Waals surface area contributed by atoms with Gasteiger partial charge in [-0.15, -0.1) is 0 Å². The third kappa shape index (κ3) is 4.49. The number of likely N-dealkylation sites (N-methyl/N-ethyl adjacent to an activating group) is 1. The molecule has 204 valence electrons. The Morgan fingerprint density at radius 2 is 2.11 bits per heavy atom. The molecule has 0 N–H and O–H groups in total. The first-order chi connectivity index (χ1) is 20.2. The minimum atomic E-state index is -3.00. The van der Waals surface area contributed by atoms with Crippen LogP contribution in [0.25, 0.3) is 10.9 Å². The highest BCUT2D eigenvalue weighted by Crippen LogP contribution is 2.52. The predicted octanol–water partition coefficient (Wildman–Crippen LogP) is 4.46. The summed E-state index contributed by atoms with van der Waals surface area (Å²) in [6, 6.07) is 0.354. The van der Waals surface area contributed by atoms with E-state index < -0.39 is 56.2 Å². The van der Waals surface area contributed by atoms with Crippen molar-refractivity contribution in [2.45, 2.75) is 51.5 Å². The number of amides is 1. The summed E-state index contributed by atoms with van der Waals surface area (Å²) in [5.74, 6) is 1.09. The molecule has 1 aromatic carbocycles. The lowest BCUT2D eigenvalue weighted by Crippen LogP contribution is -2.64. The largest absolute Gasteiger partial charge is 0.470 e. The standard InChI is InChI=1S/C26H30BrClFN5O4/c1-13-8-33-17(11-32(13)25(36)38-26(2,3)4)18(12-35)34-10-14(9-31(5)6)37-24-23(34)22(33)15-7-16(28)19(27)20(29)21(15)30-24/h7,13-14,17H,8-11H2,1-6H3/t13-,14-,17-/m1/s1/i5D3,6D3. The third-order valence-corrected chi connectivity index (χ3v) is 8.02. The van der Waals surface area contributed by atoms with Crippen molar-refractivity contribution in [3.63, 3.8) is 0 Å². The van der Waals surface area contributed by atoms with E-state index in [9.17, 15) is 9.59 Å². The fourth-order valence-electron chi connectivity index (χ4n) is 5.22. The van der Waals surface area contributed by atoms with Crippen LogP contribution in [-0.2, 0) is 9.53 Å². The van der Waals surface area contributed by atoms with E-state index in [4.69, 9.17) is 29.3 Å². The lowest BCUT2D eigenvalue weighted by atomic mass is 9.95. The number of carbonyl (C=O) groups excluding carboxylic acids is 2. The molecule has 0 saturated carbocycles. The number of anilines is 2. The number of nitrogens with zero attached hydrogens (tertiary/aromatic N) is 5. The van der Waals surface area contributed by atoms with Gasteiger partial charge in [0.1, 0.15) is 34.5 Å². The van der Waals surface area contributed by atoms with Gasteiger partial charge >= 0.3 is 6.09 Å². The molecule has 0 unspecified atom stereocenters. The van der Waals surface area contributed by atoms with Gasteiger partial charge in [-0.25, -0.2) is 19.0 Å². The second-order valence-corrected chi connectivity index (χ2v) is 11.8. The van der Waals surface area contributed by atoms with Gasteiger partial charge in [-0.3, -0.25) is 0 Å². The van der Waals surface area contributed by atoms with Gasteiger partial charge in [-0.05, 0) is 63.6 Å². The molecule has 5 rings (SSSR count). The molecule has 38 heavy (non-hydrogen) atoms. The minimum absolute atomic E-state index is 0.00464. The summed E-state index contributed by atoms with van der Waals surface area (Å²) in [4.78, 5) is 35.5. The number of halogens is 3.